The Bertz CT molecular complexity index is 401. The summed E-state index contributed by atoms with van der Waals surface area (Å²) in [5.74, 6) is -0.613. The molecule has 17 heavy (non-hydrogen) atoms. The van der Waals surface area contributed by atoms with Crippen LogP contribution >= 0.6 is 0 Å². The number of amides is 1. The molecule has 0 saturated carbocycles. The summed E-state index contributed by atoms with van der Waals surface area (Å²) in [5.41, 5.74) is -0.726. The monoisotopic (exact) mass is 239 g/mol. The maximum absolute atomic E-state index is 12.2. The molecule has 1 fully saturated rings. The van der Waals surface area contributed by atoms with Gasteiger partial charge in [-0.3, -0.25) is 4.79 Å². The molecule has 0 aromatic rings. The van der Waals surface area contributed by atoms with Gasteiger partial charge in [-0.2, -0.15) is 0 Å². The summed E-state index contributed by atoms with van der Waals surface area (Å²) < 4.78 is 10.3. The number of hydrogen-bond acceptors (Lipinski definition) is 4. The first kappa shape index (κ1) is 12.1. The van der Waals surface area contributed by atoms with Crippen LogP contribution in [0.5, 0.6) is 0 Å². The van der Waals surface area contributed by atoms with Crippen molar-refractivity contribution in [3.05, 3.63) is 11.6 Å². The second-order valence-electron chi connectivity index (χ2n) is 4.90. The van der Waals surface area contributed by atoms with Gasteiger partial charge in [-0.05, 0) is 18.9 Å². The zero-order chi connectivity index (χ0) is 12.8. The van der Waals surface area contributed by atoms with Crippen LogP contribution in [0.1, 0.15) is 20.8 Å². The fourth-order valence-electron chi connectivity index (χ4n) is 2.40. The van der Waals surface area contributed by atoms with Crippen molar-refractivity contribution in [3.8, 4) is 0 Å². The lowest BCUT2D eigenvalue weighted by atomic mass is 10.0. The number of carbonyl (C=O) groups is 2. The van der Waals surface area contributed by atoms with Crippen LogP contribution in [0.25, 0.3) is 0 Å². The Kier molecular flexibility index (Phi) is 2.73. The minimum Gasteiger partial charge on any atom is -0.465 e. The average Bonchev–Trinajstić information content (AvgIpc) is 2.73. The van der Waals surface area contributed by atoms with Crippen molar-refractivity contribution in [3.63, 3.8) is 0 Å². The van der Waals surface area contributed by atoms with Crippen LogP contribution in [0.2, 0.25) is 0 Å². The Hall–Kier alpha value is -1.36. The number of nitrogens with zero attached hydrogens (tertiary/aromatic N) is 1. The third-order valence-electron chi connectivity index (χ3n) is 3.39. The molecular weight excluding hydrogens is 222 g/mol. The van der Waals surface area contributed by atoms with Gasteiger partial charge in [0.25, 0.3) is 5.91 Å². The highest BCUT2D eigenvalue weighted by atomic mass is 16.5. The molecule has 5 nitrogen and oxygen atoms in total. The Morgan fingerprint density at radius 1 is 1.65 bits per heavy atom. The fraction of sp³-hybridized carbons (Fsp3) is 0.667. The minimum atomic E-state index is -0.796. The van der Waals surface area contributed by atoms with Gasteiger partial charge in [-0.25, -0.2) is 4.79 Å². The van der Waals surface area contributed by atoms with Crippen LogP contribution in [-0.2, 0) is 19.1 Å². The van der Waals surface area contributed by atoms with E-state index in [1.165, 1.54) is 7.11 Å². The Morgan fingerprint density at radius 2 is 2.29 bits per heavy atom. The van der Waals surface area contributed by atoms with E-state index in [0.29, 0.717) is 6.61 Å². The summed E-state index contributed by atoms with van der Waals surface area (Å²) in [5, 5.41) is 0. The van der Waals surface area contributed by atoms with E-state index >= 15 is 0 Å². The summed E-state index contributed by atoms with van der Waals surface area (Å²) in [4.78, 5) is 25.3. The fourth-order valence-corrected chi connectivity index (χ4v) is 2.40. The van der Waals surface area contributed by atoms with Crippen molar-refractivity contribution in [2.75, 3.05) is 13.7 Å². The molecule has 0 aromatic heterocycles. The molecule has 2 aliphatic rings. The first-order chi connectivity index (χ1) is 7.90. The zero-order valence-electron chi connectivity index (χ0n) is 10.5. The van der Waals surface area contributed by atoms with Gasteiger partial charge in [0.2, 0.25) is 0 Å². The van der Waals surface area contributed by atoms with E-state index in [9.17, 15) is 9.59 Å². The molecule has 0 spiro atoms. The molecule has 2 rings (SSSR count). The second kappa shape index (κ2) is 3.84. The van der Waals surface area contributed by atoms with Crippen LogP contribution in [-0.4, -0.2) is 42.3 Å². The maximum atomic E-state index is 12.2. The van der Waals surface area contributed by atoms with Crippen molar-refractivity contribution in [1.29, 1.82) is 0 Å². The van der Waals surface area contributed by atoms with Gasteiger partial charge >= 0.3 is 5.97 Å². The molecule has 0 radical (unpaired) electrons. The van der Waals surface area contributed by atoms with Crippen LogP contribution in [0.3, 0.4) is 0 Å². The van der Waals surface area contributed by atoms with Crippen molar-refractivity contribution in [2.24, 2.45) is 5.92 Å². The lowest BCUT2D eigenvalue weighted by Gasteiger charge is -2.30. The van der Waals surface area contributed by atoms with E-state index in [1.807, 2.05) is 13.8 Å². The largest absolute Gasteiger partial charge is 0.465 e. The molecule has 5 heteroatoms. The molecule has 94 valence electrons. The van der Waals surface area contributed by atoms with Crippen molar-refractivity contribution in [1.82, 2.24) is 4.90 Å². The molecule has 0 unspecified atom stereocenters. The Labute approximate surface area is 100 Å². The first-order valence-electron chi connectivity index (χ1n) is 5.69. The van der Waals surface area contributed by atoms with Crippen LogP contribution in [0, 0.1) is 5.92 Å². The lowest BCUT2D eigenvalue weighted by molar-refractivity contribution is -0.142. The molecule has 1 saturated heterocycles. The Morgan fingerprint density at radius 3 is 2.82 bits per heavy atom. The van der Waals surface area contributed by atoms with Gasteiger partial charge in [-0.15, -0.1) is 0 Å². The van der Waals surface area contributed by atoms with Crippen LogP contribution < -0.4 is 0 Å². The molecule has 0 bridgehead atoms. The predicted molar refractivity (Wildman–Crippen MR) is 59.9 cm³/mol. The molecule has 2 heterocycles. The minimum absolute atomic E-state index is 0.00547. The number of methoxy groups -OCH3 is 1. The topological polar surface area (TPSA) is 55.8 Å². The van der Waals surface area contributed by atoms with Gasteiger partial charge in [0.05, 0.1) is 19.8 Å². The van der Waals surface area contributed by atoms with E-state index in [-0.39, 0.29) is 23.4 Å². The molecule has 2 aliphatic heterocycles. The number of rotatable bonds is 2. The number of fused-ring (bicyclic) bond motifs is 1. The normalized spacial score (nSPS) is 31.8. The van der Waals surface area contributed by atoms with E-state index in [2.05, 4.69) is 4.74 Å². The highest BCUT2D eigenvalue weighted by Gasteiger charge is 2.53. The third kappa shape index (κ3) is 1.65. The average molecular weight is 239 g/mol. The summed E-state index contributed by atoms with van der Waals surface area (Å²) in [6.45, 7) is 6.36. The summed E-state index contributed by atoms with van der Waals surface area (Å²) in [6, 6.07) is 0.00547. The quantitative estimate of drug-likeness (QED) is 0.526. The van der Waals surface area contributed by atoms with Crippen molar-refractivity contribution in [2.45, 2.75) is 32.5 Å². The lowest BCUT2D eigenvalue weighted by Crippen LogP contribution is -2.46. The number of hydrogen-bond donors (Lipinski definition) is 0. The first-order valence-corrected chi connectivity index (χ1v) is 5.69. The second-order valence-corrected chi connectivity index (χ2v) is 4.90. The maximum Gasteiger partial charge on any atom is 0.343 e. The van der Waals surface area contributed by atoms with Gasteiger partial charge in [0.1, 0.15) is 5.57 Å². The highest BCUT2D eigenvalue weighted by Crippen LogP contribution is 2.39. The van der Waals surface area contributed by atoms with E-state index in [1.54, 1.807) is 17.9 Å². The summed E-state index contributed by atoms with van der Waals surface area (Å²) in [7, 11) is 1.27. The SMILES string of the molecule is COC(=O)C1=C[C@@]2(C)OC[C@@H](C(C)C)N2C1=O. The van der Waals surface area contributed by atoms with E-state index in [4.69, 9.17) is 4.74 Å². The van der Waals surface area contributed by atoms with Gasteiger partial charge in [0, 0.05) is 0 Å². The highest BCUT2D eigenvalue weighted by molar-refractivity contribution is 6.18. The zero-order valence-corrected chi connectivity index (χ0v) is 10.5. The molecule has 0 aliphatic carbocycles. The number of esters is 1. The van der Waals surface area contributed by atoms with E-state index < -0.39 is 11.7 Å². The molecule has 0 aromatic carbocycles. The van der Waals surface area contributed by atoms with Gasteiger partial charge in [0.15, 0.2) is 5.72 Å². The molecular formula is C12H17NO4. The summed E-state index contributed by atoms with van der Waals surface area (Å²) >= 11 is 0. The molecule has 0 N–H and O–H groups in total. The van der Waals surface area contributed by atoms with Gasteiger partial charge < -0.3 is 14.4 Å². The number of carbonyl (C=O) groups excluding carboxylic acids is 2. The van der Waals surface area contributed by atoms with E-state index in [0.717, 1.165) is 0 Å². The standard InChI is InChI=1S/C12H17NO4/c1-7(2)9-6-17-12(3)5-8(11(15)16-4)10(14)13(9)12/h5,7,9H,6H2,1-4H3/t9-,12+/m0/s1. The van der Waals surface area contributed by atoms with Crippen molar-refractivity contribution < 1.29 is 19.1 Å². The summed E-state index contributed by atoms with van der Waals surface area (Å²) in [6.07, 6.45) is 1.56. The van der Waals surface area contributed by atoms with Crippen LogP contribution in [0.4, 0.5) is 0 Å². The molecule has 2 atom stereocenters. The van der Waals surface area contributed by atoms with Crippen molar-refractivity contribution >= 4 is 11.9 Å². The smallest absolute Gasteiger partial charge is 0.343 e. The van der Waals surface area contributed by atoms with Gasteiger partial charge in [-0.1, -0.05) is 13.8 Å². The predicted octanol–water partition coefficient (Wildman–Crippen LogP) is 0.699. The number of ether oxygens (including phenoxy) is 2. The molecule has 1 amide bonds. The Balaban J connectivity index is 2.34. The van der Waals surface area contributed by atoms with Crippen LogP contribution in [0.15, 0.2) is 11.6 Å². The third-order valence-corrected chi connectivity index (χ3v) is 3.39.